The van der Waals surface area contributed by atoms with Crippen LogP contribution < -0.4 is 4.74 Å². The normalized spacial score (nSPS) is 10.7. The highest BCUT2D eigenvalue weighted by molar-refractivity contribution is 6.30. The van der Waals surface area contributed by atoms with E-state index in [0.717, 1.165) is 22.4 Å². The highest BCUT2D eigenvalue weighted by Gasteiger charge is 2.14. The van der Waals surface area contributed by atoms with Crippen LogP contribution in [0.2, 0.25) is 10.2 Å². The van der Waals surface area contributed by atoms with Crippen LogP contribution in [-0.2, 0) is 6.42 Å². The van der Waals surface area contributed by atoms with Gasteiger partial charge < -0.3 is 4.74 Å². The Morgan fingerprint density at radius 1 is 1.05 bits per heavy atom. The smallest absolute Gasteiger partial charge is 0.227 e. The predicted octanol–water partition coefficient (Wildman–Crippen LogP) is 5.06. The van der Waals surface area contributed by atoms with Gasteiger partial charge in [-0.05, 0) is 44.0 Å². The summed E-state index contributed by atoms with van der Waals surface area (Å²) in [6, 6.07) is 3.73. The minimum Gasteiger partial charge on any atom is -0.438 e. The minimum atomic E-state index is 0.427. The summed E-state index contributed by atoms with van der Waals surface area (Å²) in [5.41, 5.74) is 2.65. The van der Waals surface area contributed by atoms with E-state index in [9.17, 15) is 0 Å². The van der Waals surface area contributed by atoms with Crippen LogP contribution in [-0.4, -0.2) is 9.97 Å². The van der Waals surface area contributed by atoms with Gasteiger partial charge in [0.2, 0.25) is 5.88 Å². The Bertz CT molecular complexity index is 634. The Kier molecular flexibility index (Phi) is 4.51. The van der Waals surface area contributed by atoms with Crippen LogP contribution in [0.25, 0.3) is 0 Å². The number of hydrogen-bond acceptors (Lipinski definition) is 3. The van der Waals surface area contributed by atoms with E-state index in [0.29, 0.717) is 28.3 Å². The summed E-state index contributed by atoms with van der Waals surface area (Å²) in [6.07, 6.45) is 0.703. The molecule has 0 aliphatic carbocycles. The number of hydrogen-bond donors (Lipinski definition) is 0. The van der Waals surface area contributed by atoms with E-state index in [1.165, 1.54) is 0 Å². The third kappa shape index (κ3) is 3.05. The first kappa shape index (κ1) is 15.1. The largest absolute Gasteiger partial charge is 0.438 e. The van der Waals surface area contributed by atoms with Crippen molar-refractivity contribution in [2.75, 3.05) is 0 Å². The van der Waals surface area contributed by atoms with Gasteiger partial charge in [0.1, 0.15) is 16.7 Å². The maximum absolute atomic E-state index is 6.12. The van der Waals surface area contributed by atoms with Crippen LogP contribution in [0.3, 0.4) is 0 Å². The molecule has 0 aliphatic heterocycles. The molecule has 0 amide bonds. The average molecular weight is 311 g/mol. The van der Waals surface area contributed by atoms with E-state index in [4.69, 9.17) is 27.9 Å². The third-order valence-electron chi connectivity index (χ3n) is 3.03. The summed E-state index contributed by atoms with van der Waals surface area (Å²) in [4.78, 5) is 8.61. The van der Waals surface area contributed by atoms with E-state index < -0.39 is 0 Å². The molecular weight excluding hydrogens is 295 g/mol. The summed E-state index contributed by atoms with van der Waals surface area (Å²) in [5.74, 6) is 1.92. The molecule has 1 heterocycles. The molecule has 0 unspecified atom stereocenters. The van der Waals surface area contributed by atoms with E-state index in [2.05, 4.69) is 9.97 Å². The molecular formula is C15H16Cl2N2O. The average Bonchev–Trinajstić information content (AvgIpc) is 2.38. The zero-order valence-corrected chi connectivity index (χ0v) is 13.4. The van der Waals surface area contributed by atoms with Gasteiger partial charge in [-0.25, -0.2) is 4.98 Å². The number of rotatable bonds is 3. The van der Waals surface area contributed by atoms with Crippen molar-refractivity contribution >= 4 is 23.2 Å². The van der Waals surface area contributed by atoms with Crippen molar-refractivity contribution in [3.8, 4) is 11.6 Å². The topological polar surface area (TPSA) is 35.0 Å². The number of nitrogens with zero attached hydrogens (tertiary/aromatic N) is 2. The standard InChI is InChI=1S/C15H16Cl2N2O/c1-5-12-18-14(17)10(4)15(19-12)20-13-8(2)6-11(16)7-9(13)3/h6-7H,5H2,1-4H3. The summed E-state index contributed by atoms with van der Waals surface area (Å²) < 4.78 is 5.95. The van der Waals surface area contributed by atoms with Crippen LogP contribution in [0.1, 0.15) is 29.4 Å². The Labute approximate surface area is 128 Å². The third-order valence-corrected chi connectivity index (χ3v) is 3.61. The lowest BCUT2D eigenvalue weighted by Gasteiger charge is -2.14. The van der Waals surface area contributed by atoms with Gasteiger partial charge in [0, 0.05) is 17.0 Å². The second-order valence-electron chi connectivity index (χ2n) is 4.69. The molecule has 0 N–H and O–H groups in total. The van der Waals surface area contributed by atoms with E-state index in [1.54, 1.807) is 0 Å². The molecule has 3 nitrogen and oxygen atoms in total. The monoisotopic (exact) mass is 310 g/mol. The van der Waals surface area contributed by atoms with Gasteiger partial charge in [-0.2, -0.15) is 4.98 Å². The Balaban J connectivity index is 2.47. The predicted molar refractivity (Wildman–Crippen MR) is 82.2 cm³/mol. The quantitative estimate of drug-likeness (QED) is 0.743. The van der Waals surface area contributed by atoms with Crippen molar-refractivity contribution < 1.29 is 4.74 Å². The van der Waals surface area contributed by atoms with Crippen LogP contribution >= 0.6 is 23.2 Å². The van der Waals surface area contributed by atoms with Gasteiger partial charge in [-0.15, -0.1) is 0 Å². The van der Waals surface area contributed by atoms with Gasteiger partial charge >= 0.3 is 0 Å². The molecule has 0 bridgehead atoms. The first-order valence-corrected chi connectivity index (χ1v) is 7.15. The van der Waals surface area contributed by atoms with Crippen LogP contribution in [0.4, 0.5) is 0 Å². The lowest BCUT2D eigenvalue weighted by molar-refractivity contribution is 0.448. The van der Waals surface area contributed by atoms with Gasteiger partial charge in [0.15, 0.2) is 0 Å². The van der Waals surface area contributed by atoms with Crippen LogP contribution in [0.15, 0.2) is 12.1 Å². The molecule has 1 aromatic carbocycles. The van der Waals surface area contributed by atoms with E-state index in [-0.39, 0.29) is 0 Å². The van der Waals surface area contributed by atoms with Gasteiger partial charge in [0.25, 0.3) is 0 Å². The van der Waals surface area contributed by atoms with Gasteiger partial charge in [-0.1, -0.05) is 30.1 Å². The summed E-state index contributed by atoms with van der Waals surface area (Å²) >= 11 is 12.1. The molecule has 20 heavy (non-hydrogen) atoms. The van der Waals surface area contributed by atoms with Gasteiger partial charge in [-0.3, -0.25) is 0 Å². The lowest BCUT2D eigenvalue weighted by atomic mass is 10.1. The van der Waals surface area contributed by atoms with Gasteiger partial charge in [0.05, 0.1) is 0 Å². The molecule has 0 fully saturated rings. The number of aromatic nitrogens is 2. The molecule has 0 atom stereocenters. The summed E-state index contributed by atoms with van der Waals surface area (Å²) in [6.45, 7) is 7.72. The second kappa shape index (κ2) is 5.98. The molecule has 2 aromatic rings. The SMILES string of the molecule is CCc1nc(Cl)c(C)c(Oc2c(C)cc(Cl)cc2C)n1. The zero-order chi connectivity index (χ0) is 14.9. The Hall–Kier alpha value is -1.32. The molecule has 0 saturated carbocycles. The minimum absolute atomic E-state index is 0.427. The number of benzene rings is 1. The van der Waals surface area contributed by atoms with Crippen molar-refractivity contribution in [2.45, 2.75) is 34.1 Å². The van der Waals surface area contributed by atoms with Crippen LogP contribution in [0, 0.1) is 20.8 Å². The molecule has 2 rings (SSSR count). The van der Waals surface area contributed by atoms with Crippen LogP contribution in [0.5, 0.6) is 11.6 Å². The first-order valence-electron chi connectivity index (χ1n) is 6.40. The second-order valence-corrected chi connectivity index (χ2v) is 5.48. The maximum atomic E-state index is 6.12. The maximum Gasteiger partial charge on any atom is 0.227 e. The fourth-order valence-electron chi connectivity index (χ4n) is 1.92. The highest BCUT2D eigenvalue weighted by Crippen LogP contribution is 2.33. The van der Waals surface area contributed by atoms with E-state index >= 15 is 0 Å². The molecule has 0 radical (unpaired) electrons. The molecule has 106 valence electrons. The lowest BCUT2D eigenvalue weighted by Crippen LogP contribution is -2.01. The Morgan fingerprint density at radius 2 is 1.65 bits per heavy atom. The number of ether oxygens (including phenoxy) is 1. The molecule has 5 heteroatoms. The number of halogens is 2. The van der Waals surface area contributed by atoms with Crippen molar-refractivity contribution in [3.05, 3.63) is 44.8 Å². The molecule has 0 saturated heterocycles. The van der Waals surface area contributed by atoms with E-state index in [1.807, 2.05) is 39.8 Å². The summed E-state index contributed by atoms with van der Waals surface area (Å²) in [7, 11) is 0. The molecule has 0 spiro atoms. The fourth-order valence-corrected chi connectivity index (χ4v) is 2.43. The summed E-state index contributed by atoms with van der Waals surface area (Å²) in [5, 5.41) is 1.12. The Morgan fingerprint density at radius 3 is 2.20 bits per heavy atom. The van der Waals surface area contributed by atoms with Crippen molar-refractivity contribution in [3.63, 3.8) is 0 Å². The van der Waals surface area contributed by atoms with Crippen molar-refractivity contribution in [1.29, 1.82) is 0 Å². The molecule has 1 aromatic heterocycles. The van der Waals surface area contributed by atoms with Crippen molar-refractivity contribution in [2.24, 2.45) is 0 Å². The fraction of sp³-hybridized carbons (Fsp3) is 0.333. The first-order chi connectivity index (χ1) is 9.42. The molecule has 0 aliphatic rings. The highest BCUT2D eigenvalue weighted by atomic mass is 35.5. The number of aryl methyl sites for hydroxylation is 3. The zero-order valence-electron chi connectivity index (χ0n) is 11.9. The van der Waals surface area contributed by atoms with Crippen molar-refractivity contribution in [1.82, 2.24) is 9.97 Å².